The molecule has 1 saturated heterocycles. The Kier molecular flexibility index (Phi) is 6.87. The first-order valence-electron chi connectivity index (χ1n) is 10.3. The van der Waals surface area contributed by atoms with Crippen LogP contribution in [0.25, 0.3) is 10.2 Å². The molecule has 1 aromatic heterocycles. The van der Waals surface area contributed by atoms with Crippen molar-refractivity contribution in [2.45, 2.75) is 18.2 Å². The van der Waals surface area contributed by atoms with E-state index in [0.29, 0.717) is 6.42 Å². The van der Waals surface area contributed by atoms with Gasteiger partial charge in [-0.15, -0.1) is 11.8 Å². The van der Waals surface area contributed by atoms with E-state index in [9.17, 15) is 4.79 Å². The molecular formula is C23H27N3O3S2. The third kappa shape index (κ3) is 4.91. The van der Waals surface area contributed by atoms with Crippen LogP contribution >= 0.6 is 23.1 Å². The van der Waals surface area contributed by atoms with E-state index in [1.54, 1.807) is 37.3 Å². The highest BCUT2D eigenvalue weighted by Gasteiger charge is 2.24. The number of hydrogen-bond acceptors (Lipinski definition) is 7. The fraction of sp³-hybridized carbons (Fsp3) is 0.391. The molecule has 0 radical (unpaired) electrons. The summed E-state index contributed by atoms with van der Waals surface area (Å²) >= 11 is 3.35. The fourth-order valence-corrected chi connectivity index (χ4v) is 5.57. The van der Waals surface area contributed by atoms with Crippen LogP contribution in [0.15, 0.2) is 41.3 Å². The number of thioether (sulfide) groups is 1. The Bertz CT molecular complexity index is 1000. The van der Waals surface area contributed by atoms with E-state index in [0.717, 1.165) is 58.8 Å². The molecule has 1 aliphatic heterocycles. The standard InChI is InChI=1S/C23H27N3O3S2/c1-16-4-6-17(7-5-16)30-15-10-20(27)25-11-13-26(14-12-25)23-24-21-18(28-2)8-9-19(29-3)22(21)31-23/h4-9H,10-15H2,1-3H3. The molecule has 4 rings (SSSR count). The van der Waals surface area contributed by atoms with Crippen molar-refractivity contribution in [3.8, 4) is 11.5 Å². The number of amides is 1. The van der Waals surface area contributed by atoms with E-state index < -0.39 is 0 Å². The summed E-state index contributed by atoms with van der Waals surface area (Å²) in [6.45, 7) is 5.08. The van der Waals surface area contributed by atoms with Gasteiger partial charge in [-0.05, 0) is 31.2 Å². The number of anilines is 1. The molecule has 1 aliphatic rings. The quantitative estimate of drug-likeness (QED) is 0.489. The Hall–Kier alpha value is -2.45. The number of ether oxygens (including phenoxy) is 2. The molecule has 2 heterocycles. The van der Waals surface area contributed by atoms with Crippen LogP contribution in [-0.4, -0.2) is 61.9 Å². The minimum Gasteiger partial charge on any atom is -0.495 e. The Balaban J connectivity index is 1.33. The van der Waals surface area contributed by atoms with E-state index in [-0.39, 0.29) is 5.91 Å². The van der Waals surface area contributed by atoms with Crippen molar-refractivity contribution in [1.82, 2.24) is 9.88 Å². The molecule has 31 heavy (non-hydrogen) atoms. The SMILES string of the molecule is COc1ccc(OC)c2sc(N3CCN(C(=O)CCSc4ccc(C)cc4)CC3)nc12. The highest BCUT2D eigenvalue weighted by molar-refractivity contribution is 7.99. The van der Waals surface area contributed by atoms with Gasteiger partial charge in [0.25, 0.3) is 0 Å². The molecule has 0 N–H and O–H groups in total. The zero-order valence-electron chi connectivity index (χ0n) is 18.1. The maximum absolute atomic E-state index is 12.6. The van der Waals surface area contributed by atoms with Gasteiger partial charge < -0.3 is 19.3 Å². The number of thiazole rings is 1. The number of fused-ring (bicyclic) bond motifs is 1. The topological polar surface area (TPSA) is 54.9 Å². The third-order valence-corrected chi connectivity index (χ3v) is 7.55. The molecule has 8 heteroatoms. The highest BCUT2D eigenvalue weighted by atomic mass is 32.2. The molecule has 3 aromatic rings. The van der Waals surface area contributed by atoms with Crippen LogP contribution in [0.1, 0.15) is 12.0 Å². The average Bonchev–Trinajstić information content (AvgIpc) is 3.25. The largest absolute Gasteiger partial charge is 0.495 e. The number of carbonyl (C=O) groups excluding carboxylic acids is 1. The Morgan fingerprint density at radius 3 is 2.39 bits per heavy atom. The lowest BCUT2D eigenvalue weighted by Gasteiger charge is -2.34. The first-order valence-corrected chi connectivity index (χ1v) is 12.1. The Morgan fingerprint density at radius 2 is 1.71 bits per heavy atom. The van der Waals surface area contributed by atoms with Gasteiger partial charge in [0.05, 0.1) is 14.2 Å². The number of methoxy groups -OCH3 is 2. The lowest BCUT2D eigenvalue weighted by atomic mass is 10.2. The zero-order chi connectivity index (χ0) is 21.8. The molecule has 0 unspecified atom stereocenters. The summed E-state index contributed by atoms with van der Waals surface area (Å²) in [4.78, 5) is 22.9. The summed E-state index contributed by atoms with van der Waals surface area (Å²) in [5, 5.41) is 0.944. The van der Waals surface area contributed by atoms with Crippen molar-refractivity contribution in [2.75, 3.05) is 51.1 Å². The van der Waals surface area contributed by atoms with Gasteiger partial charge in [-0.2, -0.15) is 0 Å². The van der Waals surface area contributed by atoms with Gasteiger partial charge in [-0.25, -0.2) is 4.98 Å². The minimum absolute atomic E-state index is 0.229. The monoisotopic (exact) mass is 457 g/mol. The number of piperazine rings is 1. The van der Waals surface area contributed by atoms with Gasteiger partial charge in [0.1, 0.15) is 21.7 Å². The number of rotatable bonds is 7. The van der Waals surface area contributed by atoms with Gasteiger partial charge in [-0.1, -0.05) is 29.0 Å². The Labute approximate surface area is 191 Å². The number of hydrogen-bond donors (Lipinski definition) is 0. The van der Waals surface area contributed by atoms with Crippen LogP contribution in [0.5, 0.6) is 11.5 Å². The van der Waals surface area contributed by atoms with Crippen LogP contribution in [0.3, 0.4) is 0 Å². The van der Waals surface area contributed by atoms with E-state index in [2.05, 4.69) is 36.1 Å². The van der Waals surface area contributed by atoms with Crippen LogP contribution < -0.4 is 14.4 Å². The van der Waals surface area contributed by atoms with Crippen LogP contribution in [0.2, 0.25) is 0 Å². The summed E-state index contributed by atoms with van der Waals surface area (Å²) in [6, 6.07) is 12.2. The zero-order valence-corrected chi connectivity index (χ0v) is 19.7. The summed E-state index contributed by atoms with van der Waals surface area (Å²) < 4.78 is 11.9. The molecular weight excluding hydrogens is 430 g/mol. The molecule has 1 amide bonds. The summed E-state index contributed by atoms with van der Waals surface area (Å²) in [5.41, 5.74) is 2.08. The smallest absolute Gasteiger partial charge is 0.223 e. The number of benzene rings is 2. The normalized spacial score (nSPS) is 14.2. The summed E-state index contributed by atoms with van der Waals surface area (Å²) in [6.07, 6.45) is 0.564. The molecule has 0 atom stereocenters. The van der Waals surface area contributed by atoms with E-state index in [1.807, 2.05) is 17.0 Å². The second-order valence-corrected chi connectivity index (χ2v) is 9.57. The second kappa shape index (κ2) is 9.78. The first-order chi connectivity index (χ1) is 15.1. The van der Waals surface area contributed by atoms with Gasteiger partial charge in [0, 0.05) is 43.2 Å². The molecule has 6 nitrogen and oxygen atoms in total. The van der Waals surface area contributed by atoms with E-state index in [4.69, 9.17) is 14.5 Å². The fourth-order valence-electron chi connectivity index (χ4n) is 3.61. The average molecular weight is 458 g/mol. The molecule has 0 spiro atoms. The van der Waals surface area contributed by atoms with Gasteiger partial charge >= 0.3 is 0 Å². The predicted octanol–water partition coefficient (Wildman–Crippen LogP) is 4.45. The lowest BCUT2D eigenvalue weighted by Crippen LogP contribution is -2.48. The van der Waals surface area contributed by atoms with Gasteiger partial charge in [0.15, 0.2) is 5.13 Å². The van der Waals surface area contributed by atoms with Crippen molar-refractivity contribution in [3.05, 3.63) is 42.0 Å². The number of aromatic nitrogens is 1. The number of nitrogens with zero attached hydrogens (tertiary/aromatic N) is 3. The molecule has 1 fully saturated rings. The van der Waals surface area contributed by atoms with Crippen LogP contribution in [0, 0.1) is 6.92 Å². The van der Waals surface area contributed by atoms with Crippen molar-refractivity contribution in [2.24, 2.45) is 0 Å². The third-order valence-electron chi connectivity index (χ3n) is 5.41. The highest BCUT2D eigenvalue weighted by Crippen LogP contribution is 2.40. The van der Waals surface area contributed by atoms with Crippen LogP contribution in [0.4, 0.5) is 5.13 Å². The lowest BCUT2D eigenvalue weighted by molar-refractivity contribution is -0.131. The van der Waals surface area contributed by atoms with E-state index >= 15 is 0 Å². The summed E-state index contributed by atoms with van der Waals surface area (Å²) in [5.74, 6) is 2.59. The Morgan fingerprint density at radius 1 is 1.03 bits per heavy atom. The first kappa shape index (κ1) is 21.8. The van der Waals surface area contributed by atoms with E-state index in [1.165, 1.54) is 10.5 Å². The predicted molar refractivity (Wildman–Crippen MR) is 128 cm³/mol. The number of aryl methyl sites for hydroxylation is 1. The maximum atomic E-state index is 12.6. The van der Waals surface area contributed by atoms with Gasteiger partial charge in [0.2, 0.25) is 5.91 Å². The second-order valence-electron chi connectivity index (χ2n) is 7.42. The van der Waals surface area contributed by atoms with Crippen molar-refractivity contribution in [1.29, 1.82) is 0 Å². The van der Waals surface area contributed by atoms with Crippen molar-refractivity contribution < 1.29 is 14.3 Å². The molecule has 164 valence electrons. The maximum Gasteiger partial charge on any atom is 0.223 e. The molecule has 0 aliphatic carbocycles. The molecule has 2 aromatic carbocycles. The van der Waals surface area contributed by atoms with Crippen LogP contribution in [-0.2, 0) is 4.79 Å². The van der Waals surface area contributed by atoms with Gasteiger partial charge in [-0.3, -0.25) is 4.79 Å². The molecule has 0 saturated carbocycles. The number of carbonyl (C=O) groups is 1. The molecule has 0 bridgehead atoms. The minimum atomic E-state index is 0.229. The van der Waals surface area contributed by atoms with Crippen molar-refractivity contribution in [3.63, 3.8) is 0 Å². The summed E-state index contributed by atoms with van der Waals surface area (Å²) in [7, 11) is 3.32. The van der Waals surface area contributed by atoms with Crippen molar-refractivity contribution >= 4 is 44.4 Å².